The number of unbranched alkanes of at least 4 members (excludes halogenated alkanes) is 7. The Morgan fingerprint density at radius 1 is 0.923 bits per heavy atom. The molecule has 0 aromatic carbocycles. The van der Waals surface area contributed by atoms with Crippen LogP contribution in [0, 0.1) is 0 Å². The Labute approximate surface area is 159 Å². The molecule has 150 valence electrons. The van der Waals surface area contributed by atoms with E-state index in [0.29, 0.717) is 19.2 Å². The first kappa shape index (κ1) is 22.6. The maximum atomic E-state index is 11.9. The standard InChI is InChI=1S/C21H37NO4/c1-4-7-8-9-10-11-12-13-17-24-20-15-14-19(26-20)21(23)25-18-16-22(5-2)6-3/h14-15H,4-13,16-18H2,1-3H3. The summed E-state index contributed by atoms with van der Waals surface area (Å²) in [7, 11) is 0. The highest BCUT2D eigenvalue weighted by atomic mass is 16.6. The van der Waals surface area contributed by atoms with E-state index in [0.717, 1.165) is 26.1 Å². The topological polar surface area (TPSA) is 51.9 Å². The number of hydrogen-bond donors (Lipinski definition) is 0. The van der Waals surface area contributed by atoms with E-state index in [1.165, 1.54) is 44.9 Å². The number of ether oxygens (including phenoxy) is 2. The van der Waals surface area contributed by atoms with E-state index in [2.05, 4.69) is 25.7 Å². The first-order valence-electron chi connectivity index (χ1n) is 10.3. The largest absolute Gasteiger partial charge is 0.465 e. The minimum atomic E-state index is -0.431. The Hall–Kier alpha value is -1.49. The van der Waals surface area contributed by atoms with E-state index in [1.54, 1.807) is 12.1 Å². The lowest BCUT2D eigenvalue weighted by atomic mass is 10.1. The average Bonchev–Trinajstić information content (AvgIpc) is 3.13. The van der Waals surface area contributed by atoms with Crippen molar-refractivity contribution in [3.63, 3.8) is 0 Å². The van der Waals surface area contributed by atoms with Gasteiger partial charge >= 0.3 is 5.97 Å². The number of hydrogen-bond acceptors (Lipinski definition) is 5. The summed E-state index contributed by atoms with van der Waals surface area (Å²) in [4.78, 5) is 14.2. The number of rotatable bonds is 16. The molecule has 0 bridgehead atoms. The molecule has 0 atom stereocenters. The fraction of sp³-hybridized carbons (Fsp3) is 0.762. The van der Waals surface area contributed by atoms with Crippen molar-refractivity contribution in [2.24, 2.45) is 0 Å². The summed E-state index contributed by atoms with van der Waals surface area (Å²) < 4.78 is 16.2. The minimum absolute atomic E-state index is 0.204. The van der Waals surface area contributed by atoms with Gasteiger partial charge in [-0.15, -0.1) is 0 Å². The van der Waals surface area contributed by atoms with Crippen LogP contribution in [0.25, 0.3) is 0 Å². The van der Waals surface area contributed by atoms with Gasteiger partial charge in [0.1, 0.15) is 6.61 Å². The lowest BCUT2D eigenvalue weighted by Gasteiger charge is -2.17. The molecule has 1 aromatic rings. The first-order valence-corrected chi connectivity index (χ1v) is 10.3. The van der Waals surface area contributed by atoms with Crippen molar-refractivity contribution in [3.05, 3.63) is 17.9 Å². The summed E-state index contributed by atoms with van der Waals surface area (Å²) in [6.45, 7) is 10.1. The van der Waals surface area contributed by atoms with E-state index >= 15 is 0 Å². The molecule has 0 saturated heterocycles. The second-order valence-corrected chi connectivity index (χ2v) is 6.60. The summed E-state index contributed by atoms with van der Waals surface area (Å²) in [6.07, 6.45) is 10.1. The molecule has 1 aromatic heterocycles. The zero-order valence-corrected chi connectivity index (χ0v) is 16.9. The lowest BCUT2D eigenvalue weighted by molar-refractivity contribution is 0.0423. The fourth-order valence-electron chi connectivity index (χ4n) is 2.79. The van der Waals surface area contributed by atoms with Crippen LogP contribution in [0.3, 0.4) is 0 Å². The predicted molar refractivity (Wildman–Crippen MR) is 105 cm³/mol. The monoisotopic (exact) mass is 367 g/mol. The molecule has 5 heteroatoms. The third kappa shape index (κ3) is 9.85. The molecule has 0 spiro atoms. The summed E-state index contributed by atoms with van der Waals surface area (Å²) >= 11 is 0. The molecule has 1 heterocycles. The third-order valence-electron chi connectivity index (χ3n) is 4.56. The molecule has 0 aliphatic rings. The zero-order valence-electron chi connectivity index (χ0n) is 16.9. The summed E-state index contributed by atoms with van der Waals surface area (Å²) in [6, 6.07) is 3.30. The predicted octanol–water partition coefficient (Wildman–Crippen LogP) is 5.30. The molecule has 0 aliphatic carbocycles. The quantitative estimate of drug-likeness (QED) is 0.293. The summed E-state index contributed by atoms with van der Waals surface area (Å²) in [5.41, 5.74) is 0. The van der Waals surface area contributed by atoms with E-state index in [-0.39, 0.29) is 5.76 Å². The van der Waals surface area contributed by atoms with Crippen molar-refractivity contribution in [3.8, 4) is 5.95 Å². The zero-order chi connectivity index (χ0) is 19.0. The normalized spacial score (nSPS) is 11.1. The molecule has 0 saturated carbocycles. The van der Waals surface area contributed by atoms with Gasteiger partial charge in [0, 0.05) is 12.6 Å². The third-order valence-corrected chi connectivity index (χ3v) is 4.56. The molecule has 1 rings (SSSR count). The van der Waals surface area contributed by atoms with Crippen LogP contribution in [0.15, 0.2) is 16.5 Å². The number of carbonyl (C=O) groups is 1. The van der Waals surface area contributed by atoms with Gasteiger partial charge in [-0.3, -0.25) is 0 Å². The number of esters is 1. The van der Waals surface area contributed by atoms with Crippen molar-refractivity contribution in [2.75, 3.05) is 32.8 Å². The van der Waals surface area contributed by atoms with Crippen molar-refractivity contribution >= 4 is 5.97 Å². The van der Waals surface area contributed by atoms with Crippen LogP contribution in [0.5, 0.6) is 5.95 Å². The Balaban J connectivity index is 2.11. The molecule has 26 heavy (non-hydrogen) atoms. The van der Waals surface area contributed by atoms with E-state index < -0.39 is 5.97 Å². The molecule has 0 aliphatic heterocycles. The molecular formula is C21H37NO4. The maximum Gasteiger partial charge on any atom is 0.374 e. The molecule has 0 unspecified atom stereocenters. The Morgan fingerprint density at radius 2 is 1.58 bits per heavy atom. The molecule has 0 radical (unpaired) electrons. The van der Waals surface area contributed by atoms with Crippen LogP contribution >= 0.6 is 0 Å². The van der Waals surface area contributed by atoms with Crippen LogP contribution < -0.4 is 4.74 Å². The van der Waals surface area contributed by atoms with Crippen LogP contribution in [0.2, 0.25) is 0 Å². The van der Waals surface area contributed by atoms with Crippen molar-refractivity contribution < 1.29 is 18.7 Å². The number of carbonyl (C=O) groups excluding carboxylic acids is 1. The van der Waals surface area contributed by atoms with E-state index in [9.17, 15) is 4.79 Å². The number of furan rings is 1. The second kappa shape index (κ2) is 14.7. The molecule has 0 N–H and O–H groups in total. The van der Waals surface area contributed by atoms with Gasteiger partial charge in [-0.25, -0.2) is 4.79 Å². The van der Waals surface area contributed by atoms with E-state index in [1.807, 2.05) is 0 Å². The van der Waals surface area contributed by atoms with Crippen LogP contribution in [-0.4, -0.2) is 43.7 Å². The number of nitrogens with zero attached hydrogens (tertiary/aromatic N) is 1. The van der Waals surface area contributed by atoms with Crippen molar-refractivity contribution in [2.45, 2.75) is 72.1 Å². The smallest absolute Gasteiger partial charge is 0.374 e. The highest BCUT2D eigenvalue weighted by Crippen LogP contribution is 2.17. The first-order chi connectivity index (χ1) is 12.7. The Bertz CT molecular complexity index is 468. The van der Waals surface area contributed by atoms with Gasteiger partial charge in [0.05, 0.1) is 6.61 Å². The van der Waals surface area contributed by atoms with Crippen LogP contribution in [0.1, 0.15) is 82.7 Å². The second-order valence-electron chi connectivity index (χ2n) is 6.60. The molecular weight excluding hydrogens is 330 g/mol. The van der Waals surface area contributed by atoms with Crippen molar-refractivity contribution in [1.29, 1.82) is 0 Å². The SMILES string of the molecule is CCCCCCCCCCOc1ccc(C(=O)OCCN(CC)CC)o1. The van der Waals surface area contributed by atoms with Gasteiger partial charge in [0.15, 0.2) is 0 Å². The van der Waals surface area contributed by atoms with Gasteiger partial charge in [-0.05, 0) is 25.6 Å². The lowest BCUT2D eigenvalue weighted by Crippen LogP contribution is -2.27. The highest BCUT2D eigenvalue weighted by Gasteiger charge is 2.13. The Kier molecular flexibility index (Phi) is 12.7. The van der Waals surface area contributed by atoms with Gasteiger partial charge in [-0.1, -0.05) is 65.7 Å². The van der Waals surface area contributed by atoms with Gasteiger partial charge < -0.3 is 18.8 Å². The average molecular weight is 368 g/mol. The fourth-order valence-corrected chi connectivity index (χ4v) is 2.79. The van der Waals surface area contributed by atoms with Gasteiger partial charge in [-0.2, -0.15) is 0 Å². The van der Waals surface area contributed by atoms with Crippen LogP contribution in [0.4, 0.5) is 0 Å². The minimum Gasteiger partial charge on any atom is -0.465 e. The molecule has 0 amide bonds. The number of likely N-dealkylation sites (N-methyl/N-ethyl adjacent to an activating group) is 1. The summed E-state index contributed by atoms with van der Waals surface area (Å²) in [5, 5.41) is 0. The van der Waals surface area contributed by atoms with Gasteiger partial charge in [0.2, 0.25) is 5.76 Å². The maximum absolute atomic E-state index is 11.9. The summed E-state index contributed by atoms with van der Waals surface area (Å²) in [5.74, 6) is 0.165. The molecule has 0 fully saturated rings. The highest BCUT2D eigenvalue weighted by molar-refractivity contribution is 5.86. The van der Waals surface area contributed by atoms with Crippen molar-refractivity contribution in [1.82, 2.24) is 4.90 Å². The Morgan fingerprint density at radius 3 is 2.23 bits per heavy atom. The van der Waals surface area contributed by atoms with Gasteiger partial charge in [0.25, 0.3) is 5.95 Å². The molecule has 5 nitrogen and oxygen atoms in total. The van der Waals surface area contributed by atoms with E-state index in [4.69, 9.17) is 13.9 Å². The van der Waals surface area contributed by atoms with Crippen LogP contribution in [-0.2, 0) is 4.74 Å².